The molecule has 1 fully saturated rings. The highest BCUT2D eigenvalue weighted by Gasteiger charge is 2.49. The van der Waals surface area contributed by atoms with Gasteiger partial charge in [-0.2, -0.15) is 0 Å². The Morgan fingerprint density at radius 2 is 2.10 bits per heavy atom. The Morgan fingerprint density at radius 3 is 2.93 bits per heavy atom. The lowest BCUT2D eigenvalue weighted by Gasteiger charge is -2.35. The molecule has 30 heavy (non-hydrogen) atoms. The number of fused-ring (bicyclic) bond motifs is 2. The Morgan fingerprint density at radius 1 is 1.27 bits per heavy atom. The molecule has 2 aliphatic heterocycles. The lowest BCUT2D eigenvalue weighted by atomic mass is 9.91. The van der Waals surface area contributed by atoms with Gasteiger partial charge in [0.15, 0.2) is 17.3 Å². The van der Waals surface area contributed by atoms with Crippen LogP contribution in [-0.4, -0.2) is 43.9 Å². The molecular weight excluding hydrogens is 386 g/mol. The van der Waals surface area contributed by atoms with Crippen molar-refractivity contribution in [1.29, 1.82) is 0 Å². The highest BCUT2D eigenvalue weighted by molar-refractivity contribution is 5.74. The van der Waals surface area contributed by atoms with Crippen LogP contribution in [-0.2, 0) is 15.9 Å². The second-order valence-corrected chi connectivity index (χ2v) is 8.56. The van der Waals surface area contributed by atoms with Crippen molar-refractivity contribution in [2.45, 2.75) is 57.3 Å². The lowest BCUT2D eigenvalue weighted by molar-refractivity contribution is -0.251. The molecule has 3 aromatic rings. The van der Waals surface area contributed by atoms with Gasteiger partial charge in [0.2, 0.25) is 6.79 Å². The van der Waals surface area contributed by atoms with Crippen molar-refractivity contribution in [3.05, 3.63) is 48.5 Å². The van der Waals surface area contributed by atoms with Gasteiger partial charge in [-0.1, -0.05) is 6.07 Å². The van der Waals surface area contributed by atoms with Gasteiger partial charge in [-0.25, -0.2) is 9.97 Å². The van der Waals surface area contributed by atoms with Crippen molar-refractivity contribution in [2.75, 3.05) is 6.79 Å². The van der Waals surface area contributed by atoms with Crippen LogP contribution in [0.3, 0.4) is 0 Å². The summed E-state index contributed by atoms with van der Waals surface area (Å²) >= 11 is 0. The second kappa shape index (κ2) is 6.94. The molecule has 0 unspecified atom stereocenters. The molecule has 0 bridgehead atoms. The number of nitrogens with zero attached hydrogens (tertiary/aromatic N) is 3. The minimum absolute atomic E-state index is 0.239. The zero-order valence-corrected chi connectivity index (χ0v) is 17.2. The van der Waals surface area contributed by atoms with E-state index in [0.29, 0.717) is 12.8 Å². The largest absolute Gasteiger partial charge is 0.454 e. The molecule has 1 aromatic carbocycles. The highest BCUT2D eigenvalue weighted by Crippen LogP contribution is 2.44. The maximum absolute atomic E-state index is 10.4. The Bertz CT molecular complexity index is 1080. The van der Waals surface area contributed by atoms with E-state index in [-0.39, 0.29) is 19.1 Å². The van der Waals surface area contributed by atoms with E-state index in [2.05, 4.69) is 9.97 Å². The van der Waals surface area contributed by atoms with E-state index in [1.807, 2.05) is 42.0 Å². The summed E-state index contributed by atoms with van der Waals surface area (Å²) in [6.45, 7) is 5.51. The Balaban J connectivity index is 1.46. The van der Waals surface area contributed by atoms with Gasteiger partial charge >= 0.3 is 0 Å². The number of hydrogen-bond donors (Lipinski definition) is 1. The van der Waals surface area contributed by atoms with Crippen molar-refractivity contribution in [2.24, 2.45) is 0 Å². The summed E-state index contributed by atoms with van der Waals surface area (Å²) in [4.78, 5) is 8.49. The standard InChI is InChI=1S/C22H25N3O5/c1-21(2,26)30-22(3)10-19(25-7-6-15-11-23-12-24-20(15)25)29-18(22)9-14-4-5-16-17(8-14)28-13-27-16/h4-8,11-12,18-19,26H,9-10,13H2,1-3H3/t18-,19-,22+/m1/s1. The molecule has 0 radical (unpaired) electrons. The first-order chi connectivity index (χ1) is 14.3. The maximum atomic E-state index is 10.4. The van der Waals surface area contributed by atoms with E-state index < -0.39 is 11.4 Å². The van der Waals surface area contributed by atoms with Crippen molar-refractivity contribution >= 4 is 11.0 Å². The third-order valence-corrected chi connectivity index (χ3v) is 5.61. The number of hydrogen-bond acceptors (Lipinski definition) is 7. The average Bonchev–Trinajstić information content (AvgIpc) is 3.37. The molecular formula is C22H25N3O5. The summed E-state index contributed by atoms with van der Waals surface area (Å²) < 4.78 is 25.6. The van der Waals surface area contributed by atoms with Crippen LogP contribution in [0.2, 0.25) is 0 Å². The number of aromatic nitrogens is 3. The van der Waals surface area contributed by atoms with Crippen LogP contribution in [0.25, 0.3) is 11.0 Å². The fourth-order valence-corrected chi connectivity index (χ4v) is 4.38. The van der Waals surface area contributed by atoms with Crippen LogP contribution < -0.4 is 9.47 Å². The maximum Gasteiger partial charge on any atom is 0.231 e. The predicted octanol–water partition coefficient (Wildman–Crippen LogP) is 3.19. The van der Waals surface area contributed by atoms with Crippen molar-refractivity contribution in [3.8, 4) is 11.5 Å². The summed E-state index contributed by atoms with van der Waals surface area (Å²) in [6.07, 6.45) is 5.89. The number of aliphatic hydroxyl groups is 1. The highest BCUT2D eigenvalue weighted by atomic mass is 16.7. The molecule has 158 valence electrons. The molecule has 4 heterocycles. The monoisotopic (exact) mass is 411 g/mol. The van der Waals surface area contributed by atoms with E-state index in [1.54, 1.807) is 20.0 Å². The van der Waals surface area contributed by atoms with E-state index in [9.17, 15) is 5.11 Å². The van der Waals surface area contributed by atoms with Crippen molar-refractivity contribution in [3.63, 3.8) is 0 Å². The number of rotatable bonds is 5. The van der Waals surface area contributed by atoms with Crippen LogP contribution in [0.4, 0.5) is 0 Å². The fourth-order valence-electron chi connectivity index (χ4n) is 4.38. The van der Waals surface area contributed by atoms with E-state index in [0.717, 1.165) is 28.1 Å². The normalized spacial score (nSPS) is 25.9. The first-order valence-electron chi connectivity index (χ1n) is 10.0. The first-order valence-corrected chi connectivity index (χ1v) is 10.0. The molecule has 8 heteroatoms. The zero-order chi connectivity index (χ0) is 20.9. The van der Waals surface area contributed by atoms with Gasteiger partial charge in [-0.05, 0) is 44.5 Å². The topological polar surface area (TPSA) is 87.9 Å². The Kier molecular flexibility index (Phi) is 4.46. The summed E-state index contributed by atoms with van der Waals surface area (Å²) in [5.41, 5.74) is 1.16. The summed E-state index contributed by atoms with van der Waals surface area (Å²) in [6, 6.07) is 7.86. The SMILES string of the molecule is CC(C)(O)O[C@@]1(C)C[C@H](n2ccc3cncnc32)O[C@@H]1Cc1ccc2c(c1)OCO2. The first kappa shape index (κ1) is 19.3. The predicted molar refractivity (Wildman–Crippen MR) is 108 cm³/mol. The number of benzene rings is 1. The molecule has 8 nitrogen and oxygen atoms in total. The van der Waals surface area contributed by atoms with E-state index >= 15 is 0 Å². The van der Waals surface area contributed by atoms with Gasteiger partial charge in [-0.15, -0.1) is 0 Å². The minimum Gasteiger partial charge on any atom is -0.454 e. The quantitative estimate of drug-likeness (QED) is 0.645. The fraction of sp³-hybridized carbons (Fsp3) is 0.455. The summed E-state index contributed by atoms with van der Waals surface area (Å²) in [5, 5.41) is 11.4. The second-order valence-electron chi connectivity index (χ2n) is 8.56. The summed E-state index contributed by atoms with van der Waals surface area (Å²) in [7, 11) is 0. The van der Waals surface area contributed by atoms with Crippen LogP contribution in [0.15, 0.2) is 43.0 Å². The Labute approximate surface area is 174 Å². The average molecular weight is 411 g/mol. The van der Waals surface area contributed by atoms with E-state index in [1.165, 1.54) is 6.33 Å². The molecule has 1 N–H and O–H groups in total. The molecule has 2 aliphatic rings. The third-order valence-electron chi connectivity index (χ3n) is 5.61. The Hall–Kier alpha value is -2.68. The number of ether oxygens (including phenoxy) is 4. The lowest BCUT2D eigenvalue weighted by Crippen LogP contribution is -2.45. The third kappa shape index (κ3) is 3.51. The van der Waals surface area contributed by atoms with Gasteiger partial charge in [-0.3, -0.25) is 0 Å². The molecule has 0 aliphatic carbocycles. The van der Waals surface area contributed by atoms with Gasteiger partial charge in [0, 0.05) is 30.6 Å². The molecule has 0 amide bonds. The molecule has 2 aromatic heterocycles. The molecule has 5 rings (SSSR count). The van der Waals surface area contributed by atoms with Crippen LogP contribution in [0, 0.1) is 0 Å². The molecule has 0 spiro atoms. The van der Waals surface area contributed by atoms with Crippen LogP contribution in [0.5, 0.6) is 11.5 Å². The minimum atomic E-state index is -1.29. The van der Waals surface area contributed by atoms with Crippen molar-refractivity contribution < 1.29 is 24.1 Å². The van der Waals surface area contributed by atoms with Gasteiger partial charge in [0.05, 0.1) is 11.7 Å². The van der Waals surface area contributed by atoms with Crippen molar-refractivity contribution in [1.82, 2.24) is 14.5 Å². The van der Waals surface area contributed by atoms with Gasteiger partial charge < -0.3 is 28.6 Å². The van der Waals surface area contributed by atoms with Crippen LogP contribution in [0.1, 0.15) is 39.0 Å². The van der Waals surface area contributed by atoms with E-state index in [4.69, 9.17) is 18.9 Å². The van der Waals surface area contributed by atoms with Gasteiger partial charge in [0.25, 0.3) is 0 Å². The van der Waals surface area contributed by atoms with Gasteiger partial charge in [0.1, 0.15) is 18.2 Å². The molecule has 3 atom stereocenters. The molecule has 1 saturated heterocycles. The zero-order valence-electron chi connectivity index (χ0n) is 17.2. The smallest absolute Gasteiger partial charge is 0.231 e. The molecule has 0 saturated carbocycles. The van der Waals surface area contributed by atoms with Crippen LogP contribution >= 0.6 is 0 Å². The summed E-state index contributed by atoms with van der Waals surface area (Å²) in [5.74, 6) is 0.194.